The smallest absolute Gasteiger partial charge is 0.156 e. The summed E-state index contributed by atoms with van der Waals surface area (Å²) in [6.07, 6.45) is 0. The summed E-state index contributed by atoms with van der Waals surface area (Å²) in [4.78, 5) is 2.36. The molecular formula is C13H26N2O2S. The standard InChI is InChI=1S/C13H26N2O2S/c1-10-12-8-14-7-11(12)9-15(10)5-6-18(16,17)13(2,3)4/h10-12,14H,5-9H2,1-4H3. The van der Waals surface area contributed by atoms with Gasteiger partial charge in [-0.2, -0.15) is 0 Å². The molecule has 2 aliphatic rings. The molecule has 3 atom stereocenters. The molecule has 0 aromatic heterocycles. The third kappa shape index (κ3) is 2.58. The zero-order valence-corrected chi connectivity index (χ0v) is 12.8. The maximum Gasteiger partial charge on any atom is 0.156 e. The lowest BCUT2D eigenvalue weighted by atomic mass is 9.95. The Balaban J connectivity index is 1.93. The molecule has 0 aromatic rings. The van der Waals surface area contributed by atoms with Gasteiger partial charge in [-0.3, -0.25) is 4.90 Å². The van der Waals surface area contributed by atoms with Gasteiger partial charge in [-0.15, -0.1) is 0 Å². The zero-order chi connectivity index (χ0) is 13.6. The molecule has 2 heterocycles. The first-order valence-electron chi connectivity index (χ1n) is 6.89. The van der Waals surface area contributed by atoms with Crippen LogP contribution in [0.4, 0.5) is 0 Å². The van der Waals surface area contributed by atoms with E-state index >= 15 is 0 Å². The molecular weight excluding hydrogens is 248 g/mol. The fourth-order valence-electron chi connectivity index (χ4n) is 3.09. The number of nitrogens with zero attached hydrogens (tertiary/aromatic N) is 1. The molecule has 2 fully saturated rings. The zero-order valence-electron chi connectivity index (χ0n) is 11.9. The maximum atomic E-state index is 12.1. The van der Waals surface area contributed by atoms with Gasteiger partial charge in [-0.25, -0.2) is 8.42 Å². The molecule has 0 aliphatic carbocycles. The minimum absolute atomic E-state index is 0.285. The molecule has 0 saturated carbocycles. The largest absolute Gasteiger partial charge is 0.316 e. The van der Waals surface area contributed by atoms with E-state index in [-0.39, 0.29) is 5.75 Å². The van der Waals surface area contributed by atoms with Crippen molar-refractivity contribution in [2.75, 3.05) is 31.9 Å². The average molecular weight is 274 g/mol. The van der Waals surface area contributed by atoms with Crippen LogP contribution in [0.1, 0.15) is 27.7 Å². The molecule has 0 radical (unpaired) electrons. The highest BCUT2D eigenvalue weighted by molar-refractivity contribution is 7.92. The highest BCUT2D eigenvalue weighted by Crippen LogP contribution is 2.32. The third-order valence-electron chi connectivity index (χ3n) is 4.64. The maximum absolute atomic E-state index is 12.1. The summed E-state index contributed by atoms with van der Waals surface area (Å²) in [5, 5.41) is 3.43. The van der Waals surface area contributed by atoms with Crippen molar-refractivity contribution in [1.82, 2.24) is 10.2 Å². The molecule has 18 heavy (non-hydrogen) atoms. The fraction of sp³-hybridized carbons (Fsp3) is 1.00. The van der Waals surface area contributed by atoms with Gasteiger partial charge in [0.25, 0.3) is 0 Å². The fourth-order valence-corrected chi connectivity index (χ4v) is 4.18. The van der Waals surface area contributed by atoms with Crippen molar-refractivity contribution in [3.63, 3.8) is 0 Å². The molecule has 4 nitrogen and oxygen atoms in total. The van der Waals surface area contributed by atoms with E-state index in [4.69, 9.17) is 0 Å². The van der Waals surface area contributed by atoms with Crippen molar-refractivity contribution >= 4 is 9.84 Å². The Hall–Kier alpha value is -0.130. The normalized spacial score (nSPS) is 33.9. The number of fused-ring (bicyclic) bond motifs is 1. The van der Waals surface area contributed by atoms with Crippen LogP contribution in [0.3, 0.4) is 0 Å². The second kappa shape index (κ2) is 4.76. The van der Waals surface area contributed by atoms with E-state index in [1.165, 1.54) is 0 Å². The lowest BCUT2D eigenvalue weighted by Crippen LogP contribution is -2.40. The van der Waals surface area contributed by atoms with E-state index in [1.54, 1.807) is 20.8 Å². The Kier molecular flexibility index (Phi) is 3.78. The first-order valence-corrected chi connectivity index (χ1v) is 8.54. The summed E-state index contributed by atoms with van der Waals surface area (Å²) in [5.41, 5.74) is 0. The summed E-state index contributed by atoms with van der Waals surface area (Å²) < 4.78 is 23.6. The Morgan fingerprint density at radius 2 is 1.94 bits per heavy atom. The Bertz CT molecular complexity index is 400. The van der Waals surface area contributed by atoms with Gasteiger partial charge in [0.15, 0.2) is 9.84 Å². The molecule has 5 heteroatoms. The number of hydrogen-bond donors (Lipinski definition) is 1. The Morgan fingerprint density at radius 3 is 2.50 bits per heavy atom. The SMILES string of the molecule is CC1C2CNCC2CN1CCS(=O)(=O)C(C)(C)C. The molecule has 1 N–H and O–H groups in total. The van der Waals surface area contributed by atoms with Gasteiger partial charge in [-0.05, 0) is 52.6 Å². The first-order chi connectivity index (χ1) is 8.22. The van der Waals surface area contributed by atoms with Crippen molar-refractivity contribution < 1.29 is 8.42 Å². The Labute approximate surface area is 111 Å². The topological polar surface area (TPSA) is 49.4 Å². The quantitative estimate of drug-likeness (QED) is 0.825. The lowest BCUT2D eigenvalue weighted by molar-refractivity contribution is 0.252. The van der Waals surface area contributed by atoms with Crippen LogP contribution in [-0.2, 0) is 9.84 Å². The minimum atomic E-state index is -2.99. The van der Waals surface area contributed by atoms with Gasteiger partial charge in [0.05, 0.1) is 10.5 Å². The van der Waals surface area contributed by atoms with Gasteiger partial charge in [-0.1, -0.05) is 0 Å². The van der Waals surface area contributed by atoms with Crippen LogP contribution >= 0.6 is 0 Å². The van der Waals surface area contributed by atoms with E-state index < -0.39 is 14.6 Å². The number of likely N-dealkylation sites (tertiary alicyclic amines) is 1. The van der Waals surface area contributed by atoms with Crippen LogP contribution in [0.2, 0.25) is 0 Å². The predicted octanol–water partition coefficient (Wildman–Crippen LogP) is 0.739. The van der Waals surface area contributed by atoms with E-state index in [1.807, 2.05) is 0 Å². The van der Waals surface area contributed by atoms with Gasteiger partial charge >= 0.3 is 0 Å². The second-order valence-corrected chi connectivity index (χ2v) is 9.61. The van der Waals surface area contributed by atoms with Gasteiger partial charge < -0.3 is 5.32 Å². The molecule has 3 unspecified atom stereocenters. The molecule has 0 spiro atoms. The average Bonchev–Trinajstić information content (AvgIpc) is 2.78. The van der Waals surface area contributed by atoms with Crippen molar-refractivity contribution in [2.45, 2.75) is 38.5 Å². The third-order valence-corrected chi connectivity index (χ3v) is 7.22. The Morgan fingerprint density at radius 1 is 1.28 bits per heavy atom. The number of hydrogen-bond acceptors (Lipinski definition) is 4. The summed E-state index contributed by atoms with van der Waals surface area (Å²) in [7, 11) is -2.99. The van der Waals surface area contributed by atoms with Crippen molar-refractivity contribution in [3.8, 4) is 0 Å². The summed E-state index contributed by atoms with van der Waals surface area (Å²) >= 11 is 0. The molecule has 2 aliphatic heterocycles. The van der Waals surface area contributed by atoms with Gasteiger partial charge in [0, 0.05) is 19.1 Å². The van der Waals surface area contributed by atoms with Crippen LogP contribution in [0, 0.1) is 11.8 Å². The van der Waals surface area contributed by atoms with Crippen molar-refractivity contribution in [2.24, 2.45) is 11.8 Å². The van der Waals surface area contributed by atoms with Crippen LogP contribution in [0.25, 0.3) is 0 Å². The van der Waals surface area contributed by atoms with Crippen molar-refractivity contribution in [3.05, 3.63) is 0 Å². The molecule has 0 amide bonds. The highest BCUT2D eigenvalue weighted by Gasteiger charge is 2.42. The van der Waals surface area contributed by atoms with Gasteiger partial charge in [0.1, 0.15) is 0 Å². The number of rotatable bonds is 3. The lowest BCUT2D eigenvalue weighted by Gasteiger charge is -2.26. The molecule has 106 valence electrons. The number of nitrogens with one attached hydrogen (secondary N) is 1. The van der Waals surface area contributed by atoms with Gasteiger partial charge in [0.2, 0.25) is 0 Å². The predicted molar refractivity (Wildman–Crippen MR) is 74.4 cm³/mol. The summed E-state index contributed by atoms with van der Waals surface area (Å²) in [6, 6.07) is 0.514. The van der Waals surface area contributed by atoms with E-state index in [0.717, 1.165) is 25.6 Å². The monoisotopic (exact) mass is 274 g/mol. The van der Waals surface area contributed by atoms with E-state index in [2.05, 4.69) is 17.1 Å². The molecule has 2 rings (SSSR count). The number of sulfone groups is 1. The van der Waals surface area contributed by atoms with Crippen molar-refractivity contribution in [1.29, 1.82) is 0 Å². The summed E-state index contributed by atoms with van der Waals surface area (Å²) in [5.74, 6) is 1.72. The summed E-state index contributed by atoms with van der Waals surface area (Å²) in [6.45, 7) is 11.5. The molecule has 0 aromatic carbocycles. The van der Waals surface area contributed by atoms with Crippen LogP contribution in [0.15, 0.2) is 0 Å². The van der Waals surface area contributed by atoms with Crippen LogP contribution < -0.4 is 5.32 Å². The molecule has 2 saturated heterocycles. The van der Waals surface area contributed by atoms with E-state index in [0.29, 0.717) is 18.5 Å². The van der Waals surface area contributed by atoms with E-state index in [9.17, 15) is 8.42 Å². The van der Waals surface area contributed by atoms with Crippen LogP contribution in [-0.4, -0.2) is 56.0 Å². The second-order valence-electron chi connectivity index (χ2n) is 6.75. The minimum Gasteiger partial charge on any atom is -0.316 e. The molecule has 0 bridgehead atoms. The van der Waals surface area contributed by atoms with Crippen LogP contribution in [0.5, 0.6) is 0 Å². The highest BCUT2D eigenvalue weighted by atomic mass is 32.2. The first kappa shape index (κ1) is 14.3.